The van der Waals surface area contributed by atoms with E-state index in [1.54, 1.807) is 0 Å². The zero-order valence-corrected chi connectivity index (χ0v) is 14.4. The van der Waals surface area contributed by atoms with Crippen LogP contribution in [0.5, 0.6) is 0 Å². The first-order chi connectivity index (χ1) is 12.2. The summed E-state index contributed by atoms with van der Waals surface area (Å²) in [5.41, 5.74) is 1.89. The number of pyridine rings is 1. The molecule has 6 nitrogen and oxygen atoms in total. The average Bonchev–Trinajstić information content (AvgIpc) is 3.40. The Kier molecular flexibility index (Phi) is 4.42. The van der Waals surface area contributed by atoms with E-state index in [4.69, 9.17) is 0 Å². The summed E-state index contributed by atoms with van der Waals surface area (Å²) >= 11 is 0. The molecular formula is C19H24N4O2. The van der Waals surface area contributed by atoms with Crippen molar-refractivity contribution in [3.05, 3.63) is 36.3 Å². The van der Waals surface area contributed by atoms with E-state index in [2.05, 4.69) is 10.3 Å². The molecule has 6 heteroatoms. The molecule has 0 bridgehead atoms. The van der Waals surface area contributed by atoms with Gasteiger partial charge in [-0.2, -0.15) is 0 Å². The molecule has 2 amide bonds. The maximum absolute atomic E-state index is 12.4. The Hall–Kier alpha value is -2.37. The summed E-state index contributed by atoms with van der Waals surface area (Å²) in [6, 6.07) is 5.90. The minimum absolute atomic E-state index is 0.0667. The molecule has 1 aliphatic heterocycles. The molecule has 0 radical (unpaired) electrons. The Labute approximate surface area is 147 Å². The molecule has 3 heterocycles. The number of aromatic nitrogens is 2. The van der Waals surface area contributed by atoms with Gasteiger partial charge in [-0.25, -0.2) is 4.98 Å². The standard InChI is InChI=1S/C19H24N4O2/c24-18(15-4-3-11-23(12-15)19(25)14-6-7-14)20-9-8-16-13-22-10-2-1-5-17(22)21-16/h1-2,5,10,13-15H,3-4,6-9,11-12H2,(H,20,24)/t15-/m0/s1. The fourth-order valence-corrected chi connectivity index (χ4v) is 3.55. The van der Waals surface area contributed by atoms with Crippen molar-refractivity contribution in [1.82, 2.24) is 19.6 Å². The lowest BCUT2D eigenvalue weighted by Gasteiger charge is -2.32. The van der Waals surface area contributed by atoms with E-state index >= 15 is 0 Å². The predicted molar refractivity (Wildman–Crippen MR) is 93.9 cm³/mol. The third-order valence-corrected chi connectivity index (χ3v) is 5.12. The SMILES string of the molecule is O=C(NCCc1cn2ccccc2n1)[C@H]1CCCN(C(=O)C2CC2)C1. The van der Waals surface area contributed by atoms with Gasteiger partial charge in [0.05, 0.1) is 11.6 Å². The average molecular weight is 340 g/mol. The second kappa shape index (κ2) is 6.86. The quantitative estimate of drug-likeness (QED) is 0.900. The van der Waals surface area contributed by atoms with Gasteiger partial charge >= 0.3 is 0 Å². The number of hydrogen-bond donors (Lipinski definition) is 1. The van der Waals surface area contributed by atoms with Crippen molar-refractivity contribution in [2.45, 2.75) is 32.1 Å². The number of carbonyl (C=O) groups excluding carboxylic acids is 2. The lowest BCUT2D eigenvalue weighted by molar-refractivity contribution is -0.136. The van der Waals surface area contributed by atoms with Crippen molar-refractivity contribution in [2.75, 3.05) is 19.6 Å². The molecule has 25 heavy (non-hydrogen) atoms. The zero-order chi connectivity index (χ0) is 17.2. The van der Waals surface area contributed by atoms with Gasteiger partial charge < -0.3 is 14.6 Å². The summed E-state index contributed by atoms with van der Waals surface area (Å²) < 4.78 is 1.99. The number of fused-ring (bicyclic) bond motifs is 1. The van der Waals surface area contributed by atoms with Crippen LogP contribution in [0.15, 0.2) is 30.6 Å². The highest BCUT2D eigenvalue weighted by Crippen LogP contribution is 2.32. The van der Waals surface area contributed by atoms with E-state index in [0.29, 0.717) is 19.5 Å². The van der Waals surface area contributed by atoms with Crippen LogP contribution in [0.3, 0.4) is 0 Å². The topological polar surface area (TPSA) is 66.7 Å². The van der Waals surface area contributed by atoms with Crippen LogP contribution in [-0.2, 0) is 16.0 Å². The molecule has 0 aromatic carbocycles. The van der Waals surface area contributed by atoms with Crippen LogP contribution in [0.2, 0.25) is 0 Å². The van der Waals surface area contributed by atoms with Crippen LogP contribution in [0.4, 0.5) is 0 Å². The molecular weight excluding hydrogens is 316 g/mol. The number of amides is 2. The van der Waals surface area contributed by atoms with Gasteiger partial charge in [-0.15, -0.1) is 0 Å². The summed E-state index contributed by atoms with van der Waals surface area (Å²) in [6.45, 7) is 1.96. The Bertz CT molecular complexity index is 748. The third-order valence-electron chi connectivity index (χ3n) is 5.12. The maximum Gasteiger partial charge on any atom is 0.225 e. The molecule has 2 aliphatic rings. The summed E-state index contributed by atoms with van der Waals surface area (Å²) in [5, 5.41) is 3.02. The molecule has 1 saturated heterocycles. The van der Waals surface area contributed by atoms with Crippen LogP contribution < -0.4 is 5.32 Å². The van der Waals surface area contributed by atoms with Gasteiger partial charge in [0.25, 0.3) is 0 Å². The Morgan fingerprint density at radius 3 is 2.88 bits per heavy atom. The highest BCUT2D eigenvalue weighted by Gasteiger charge is 2.36. The minimum atomic E-state index is -0.0717. The summed E-state index contributed by atoms with van der Waals surface area (Å²) in [6.07, 6.45) is 8.51. The molecule has 2 aromatic rings. The minimum Gasteiger partial charge on any atom is -0.355 e. The van der Waals surface area contributed by atoms with Gasteiger partial charge in [-0.1, -0.05) is 6.07 Å². The number of imidazole rings is 1. The van der Waals surface area contributed by atoms with Crippen molar-refractivity contribution in [3.63, 3.8) is 0 Å². The van der Waals surface area contributed by atoms with Crippen LogP contribution in [-0.4, -0.2) is 45.7 Å². The number of carbonyl (C=O) groups is 2. The molecule has 1 saturated carbocycles. The maximum atomic E-state index is 12.4. The number of nitrogens with one attached hydrogen (secondary N) is 1. The lowest BCUT2D eigenvalue weighted by Crippen LogP contribution is -2.46. The molecule has 2 fully saturated rings. The highest BCUT2D eigenvalue weighted by atomic mass is 16.2. The molecule has 0 unspecified atom stereocenters. The van der Waals surface area contributed by atoms with E-state index in [9.17, 15) is 9.59 Å². The van der Waals surface area contributed by atoms with E-state index in [1.807, 2.05) is 39.9 Å². The van der Waals surface area contributed by atoms with E-state index < -0.39 is 0 Å². The number of likely N-dealkylation sites (tertiary alicyclic amines) is 1. The van der Waals surface area contributed by atoms with Gasteiger partial charge in [-0.05, 0) is 37.8 Å². The Morgan fingerprint density at radius 2 is 2.08 bits per heavy atom. The summed E-state index contributed by atoms with van der Waals surface area (Å²) in [7, 11) is 0. The number of rotatable bonds is 5. The number of piperidine rings is 1. The first-order valence-corrected chi connectivity index (χ1v) is 9.20. The molecule has 2 aromatic heterocycles. The fourth-order valence-electron chi connectivity index (χ4n) is 3.55. The van der Waals surface area contributed by atoms with Crippen molar-refractivity contribution < 1.29 is 9.59 Å². The van der Waals surface area contributed by atoms with Crippen LogP contribution in [0, 0.1) is 11.8 Å². The summed E-state index contributed by atoms with van der Waals surface area (Å²) in [5.74, 6) is 0.480. The van der Waals surface area contributed by atoms with Crippen molar-refractivity contribution in [2.24, 2.45) is 11.8 Å². The Balaban J connectivity index is 1.27. The Morgan fingerprint density at radius 1 is 1.20 bits per heavy atom. The van der Waals surface area contributed by atoms with Gasteiger partial charge in [-0.3, -0.25) is 9.59 Å². The molecule has 132 valence electrons. The van der Waals surface area contributed by atoms with Gasteiger partial charge in [0.2, 0.25) is 11.8 Å². The first-order valence-electron chi connectivity index (χ1n) is 9.20. The van der Waals surface area contributed by atoms with E-state index in [0.717, 1.165) is 43.6 Å². The fraction of sp³-hybridized carbons (Fsp3) is 0.526. The summed E-state index contributed by atoms with van der Waals surface area (Å²) in [4.78, 5) is 31.1. The normalized spacial score (nSPS) is 20.6. The van der Waals surface area contributed by atoms with Gasteiger partial charge in [0.1, 0.15) is 5.65 Å². The van der Waals surface area contributed by atoms with Gasteiger partial charge in [0.15, 0.2) is 0 Å². The molecule has 1 N–H and O–H groups in total. The monoisotopic (exact) mass is 340 g/mol. The first kappa shape index (κ1) is 16.1. The van der Waals surface area contributed by atoms with Crippen LogP contribution >= 0.6 is 0 Å². The molecule has 0 spiro atoms. The van der Waals surface area contributed by atoms with Crippen molar-refractivity contribution >= 4 is 17.5 Å². The second-order valence-electron chi connectivity index (χ2n) is 7.14. The zero-order valence-electron chi connectivity index (χ0n) is 14.4. The third kappa shape index (κ3) is 3.67. The van der Waals surface area contributed by atoms with Crippen LogP contribution in [0.25, 0.3) is 5.65 Å². The van der Waals surface area contributed by atoms with Gasteiger partial charge in [0, 0.05) is 44.4 Å². The number of nitrogens with zero attached hydrogens (tertiary/aromatic N) is 3. The van der Waals surface area contributed by atoms with E-state index in [-0.39, 0.29) is 23.7 Å². The predicted octanol–water partition coefficient (Wildman–Crippen LogP) is 1.64. The highest BCUT2D eigenvalue weighted by molar-refractivity contribution is 5.83. The smallest absolute Gasteiger partial charge is 0.225 e. The lowest BCUT2D eigenvalue weighted by atomic mass is 9.96. The van der Waals surface area contributed by atoms with Crippen LogP contribution in [0.1, 0.15) is 31.4 Å². The number of hydrogen-bond acceptors (Lipinski definition) is 3. The van der Waals surface area contributed by atoms with Crippen molar-refractivity contribution in [3.8, 4) is 0 Å². The molecule has 4 rings (SSSR count). The van der Waals surface area contributed by atoms with Crippen molar-refractivity contribution in [1.29, 1.82) is 0 Å². The van der Waals surface area contributed by atoms with E-state index in [1.165, 1.54) is 0 Å². The largest absolute Gasteiger partial charge is 0.355 e. The molecule has 1 atom stereocenters. The second-order valence-corrected chi connectivity index (χ2v) is 7.14. The molecule has 1 aliphatic carbocycles.